The molecule has 1 aliphatic rings. The molecule has 0 aromatic heterocycles. The van der Waals surface area contributed by atoms with E-state index >= 15 is 0 Å². The minimum Gasteiger partial charge on any atom is -0.495 e. The number of nitrogens with one attached hydrogen (secondary N) is 1. The topological polar surface area (TPSA) is 67.4 Å². The van der Waals surface area contributed by atoms with Crippen LogP contribution in [0.25, 0.3) is 6.08 Å². The Hall–Kier alpha value is -1.34. The lowest BCUT2D eigenvalue weighted by Crippen LogP contribution is -2.32. The molecule has 0 radical (unpaired) electrons. The number of likely N-dealkylation sites (N-methyl/N-ethyl adjacent to an activating group) is 1. The van der Waals surface area contributed by atoms with Gasteiger partial charge in [0.25, 0.3) is 0 Å². The molecule has 0 saturated heterocycles. The van der Waals surface area contributed by atoms with Gasteiger partial charge in [0.1, 0.15) is 5.75 Å². The SMILES string of the molecule is COc1c(Br)cc(Br)cc1/C=C1/C(=O)NC(N)=[N+]1C. The molecular formula is C12H12Br2N3O2+. The fraction of sp³-hybridized carbons (Fsp3) is 0.167. The van der Waals surface area contributed by atoms with Crippen LogP contribution in [0.2, 0.25) is 0 Å². The highest BCUT2D eigenvalue weighted by Gasteiger charge is 2.29. The van der Waals surface area contributed by atoms with Gasteiger partial charge in [-0.2, -0.15) is 0 Å². The molecule has 1 amide bonds. The second-order valence-electron chi connectivity index (χ2n) is 3.94. The van der Waals surface area contributed by atoms with Crippen molar-refractivity contribution in [1.29, 1.82) is 0 Å². The van der Waals surface area contributed by atoms with E-state index in [1.165, 1.54) is 0 Å². The molecule has 0 fully saturated rings. The van der Waals surface area contributed by atoms with Gasteiger partial charge in [-0.25, -0.2) is 14.7 Å². The average Bonchev–Trinajstić information content (AvgIpc) is 2.55. The van der Waals surface area contributed by atoms with Crippen molar-refractivity contribution in [3.8, 4) is 5.75 Å². The van der Waals surface area contributed by atoms with Gasteiger partial charge in [-0.1, -0.05) is 15.9 Å². The Morgan fingerprint density at radius 3 is 2.63 bits per heavy atom. The summed E-state index contributed by atoms with van der Waals surface area (Å²) >= 11 is 6.83. The highest BCUT2D eigenvalue weighted by molar-refractivity contribution is 9.11. The summed E-state index contributed by atoms with van der Waals surface area (Å²) in [6.45, 7) is 0. The van der Waals surface area contributed by atoms with Crippen LogP contribution in [0, 0.1) is 0 Å². The number of carbonyl (C=O) groups excluding carboxylic acids is 1. The fourth-order valence-electron chi connectivity index (χ4n) is 1.76. The Balaban J connectivity index is 2.58. The molecule has 0 bridgehead atoms. The fourth-order valence-corrected chi connectivity index (χ4v) is 3.18. The molecule has 1 heterocycles. The molecule has 0 aliphatic carbocycles. The van der Waals surface area contributed by atoms with Crippen molar-refractivity contribution in [2.24, 2.45) is 5.73 Å². The van der Waals surface area contributed by atoms with Crippen molar-refractivity contribution in [3.63, 3.8) is 0 Å². The zero-order chi connectivity index (χ0) is 14.2. The Labute approximate surface area is 127 Å². The lowest BCUT2D eigenvalue weighted by Gasteiger charge is -2.08. The Kier molecular flexibility index (Phi) is 3.96. The number of nitrogens with zero attached hydrogens (tertiary/aromatic N) is 1. The van der Waals surface area contributed by atoms with Gasteiger partial charge in [-0.15, -0.1) is 0 Å². The van der Waals surface area contributed by atoms with Gasteiger partial charge >= 0.3 is 11.9 Å². The summed E-state index contributed by atoms with van der Waals surface area (Å²) in [5, 5.41) is 2.55. The zero-order valence-electron chi connectivity index (χ0n) is 10.3. The van der Waals surface area contributed by atoms with Crippen molar-refractivity contribution in [1.82, 2.24) is 5.32 Å². The minimum atomic E-state index is -0.238. The number of hydrogen-bond acceptors (Lipinski definition) is 3. The molecular weight excluding hydrogens is 378 g/mol. The maximum atomic E-state index is 11.8. The van der Waals surface area contributed by atoms with Gasteiger partial charge in [0, 0.05) is 10.0 Å². The van der Waals surface area contributed by atoms with Gasteiger partial charge in [0.2, 0.25) is 0 Å². The number of halogens is 2. The molecule has 7 heteroatoms. The first-order valence-electron chi connectivity index (χ1n) is 5.36. The van der Waals surface area contributed by atoms with Crippen LogP contribution >= 0.6 is 31.9 Å². The van der Waals surface area contributed by atoms with Gasteiger partial charge in [0.15, 0.2) is 5.70 Å². The van der Waals surface area contributed by atoms with Crippen molar-refractivity contribution in [2.75, 3.05) is 14.2 Å². The number of rotatable bonds is 2. The molecule has 5 nitrogen and oxygen atoms in total. The Morgan fingerprint density at radius 2 is 2.11 bits per heavy atom. The summed E-state index contributed by atoms with van der Waals surface area (Å²) in [6.07, 6.45) is 1.73. The first-order chi connectivity index (χ1) is 8.93. The van der Waals surface area contributed by atoms with Crippen molar-refractivity contribution in [2.45, 2.75) is 0 Å². The van der Waals surface area contributed by atoms with Crippen LogP contribution < -0.4 is 15.8 Å². The zero-order valence-corrected chi connectivity index (χ0v) is 13.5. The summed E-state index contributed by atoms with van der Waals surface area (Å²) in [6, 6.07) is 3.74. The van der Waals surface area contributed by atoms with E-state index in [9.17, 15) is 4.79 Å². The Bertz CT molecular complexity index is 624. The average molecular weight is 390 g/mol. The second kappa shape index (κ2) is 5.34. The van der Waals surface area contributed by atoms with Gasteiger partial charge in [0.05, 0.1) is 18.6 Å². The van der Waals surface area contributed by atoms with Crippen molar-refractivity contribution < 1.29 is 14.1 Å². The minimum absolute atomic E-state index is 0.238. The normalized spacial score (nSPS) is 17.1. The summed E-state index contributed by atoms with van der Waals surface area (Å²) in [5.41, 5.74) is 6.90. The van der Waals surface area contributed by atoms with Crippen LogP contribution in [-0.2, 0) is 4.79 Å². The van der Waals surface area contributed by atoms with Crippen molar-refractivity contribution in [3.05, 3.63) is 32.3 Å². The molecule has 100 valence electrons. The van der Waals surface area contributed by atoms with Crippen LogP contribution in [0.1, 0.15) is 5.56 Å². The molecule has 0 spiro atoms. The number of benzene rings is 1. The number of guanidine groups is 1. The summed E-state index contributed by atoms with van der Waals surface area (Å²) < 4.78 is 8.61. The van der Waals surface area contributed by atoms with E-state index in [1.807, 2.05) is 12.1 Å². The van der Waals surface area contributed by atoms with Gasteiger partial charge in [-0.3, -0.25) is 5.73 Å². The quantitative estimate of drug-likeness (QED) is 0.597. The van der Waals surface area contributed by atoms with E-state index in [4.69, 9.17) is 10.5 Å². The third-order valence-corrected chi connectivity index (χ3v) is 3.78. The summed E-state index contributed by atoms with van der Waals surface area (Å²) in [4.78, 5) is 11.8. The smallest absolute Gasteiger partial charge is 0.356 e. The molecule has 0 unspecified atom stereocenters. The van der Waals surface area contributed by atoms with Crippen LogP contribution in [0.15, 0.2) is 26.8 Å². The number of ether oxygens (including phenoxy) is 1. The van der Waals surface area contributed by atoms with E-state index in [1.54, 1.807) is 24.8 Å². The van der Waals surface area contributed by atoms with E-state index in [0.717, 1.165) is 14.5 Å². The molecule has 19 heavy (non-hydrogen) atoms. The van der Waals surface area contributed by atoms with Gasteiger partial charge < -0.3 is 4.74 Å². The Morgan fingerprint density at radius 1 is 1.42 bits per heavy atom. The first kappa shape index (κ1) is 14.1. The predicted molar refractivity (Wildman–Crippen MR) is 79.9 cm³/mol. The van der Waals surface area contributed by atoms with Crippen LogP contribution in [-0.4, -0.2) is 30.6 Å². The number of nitrogens with two attached hydrogens (primary N) is 1. The maximum Gasteiger partial charge on any atom is 0.356 e. The first-order valence-corrected chi connectivity index (χ1v) is 6.95. The van der Waals surface area contributed by atoms with E-state index in [0.29, 0.717) is 17.4 Å². The second-order valence-corrected chi connectivity index (χ2v) is 5.71. The number of hydrogen-bond donors (Lipinski definition) is 2. The van der Waals surface area contributed by atoms with Crippen molar-refractivity contribution >= 4 is 49.8 Å². The largest absolute Gasteiger partial charge is 0.495 e. The predicted octanol–water partition coefficient (Wildman–Crippen LogP) is 1.65. The van der Waals surface area contributed by atoms with Crippen LogP contribution in [0.5, 0.6) is 5.75 Å². The third kappa shape index (κ3) is 2.66. The highest BCUT2D eigenvalue weighted by atomic mass is 79.9. The standard InChI is InChI=1S/C12H11Br2N3O2/c1-17-9(11(18)16-12(17)15)4-6-3-7(13)5-8(14)10(6)19-2/h3-5H,1-2H3,(H2,15,16,18)/p+1/b9-4-. The monoisotopic (exact) mass is 388 g/mol. The van der Waals surface area contributed by atoms with E-state index < -0.39 is 0 Å². The van der Waals surface area contributed by atoms with Crippen LogP contribution in [0.3, 0.4) is 0 Å². The molecule has 0 saturated carbocycles. The van der Waals surface area contributed by atoms with Crippen LogP contribution in [0.4, 0.5) is 0 Å². The lowest BCUT2D eigenvalue weighted by atomic mass is 10.1. The molecule has 0 atom stereocenters. The highest BCUT2D eigenvalue weighted by Crippen LogP contribution is 2.34. The van der Waals surface area contributed by atoms with E-state index in [2.05, 4.69) is 37.2 Å². The molecule has 1 aliphatic heterocycles. The number of amides is 1. The molecule has 3 N–H and O–H groups in total. The summed E-state index contributed by atoms with van der Waals surface area (Å²) in [7, 11) is 3.30. The van der Waals surface area contributed by atoms with Gasteiger partial charge in [-0.05, 0) is 34.1 Å². The van der Waals surface area contributed by atoms with E-state index in [-0.39, 0.29) is 5.91 Å². The molecule has 2 rings (SSSR count). The molecule has 1 aromatic carbocycles. The lowest BCUT2D eigenvalue weighted by molar-refractivity contribution is -0.432. The molecule has 1 aromatic rings. The third-order valence-electron chi connectivity index (χ3n) is 2.73. The number of carbonyl (C=O) groups is 1. The maximum absolute atomic E-state index is 11.8. The summed E-state index contributed by atoms with van der Waals surface area (Å²) in [5.74, 6) is 0.727. The number of methoxy groups -OCH3 is 1.